The number of hydrogen-bond acceptors (Lipinski definition) is 7. The third-order valence-corrected chi connectivity index (χ3v) is 6.91. The fourth-order valence-corrected chi connectivity index (χ4v) is 4.76. The van der Waals surface area contributed by atoms with E-state index in [1.54, 1.807) is 54.8 Å². The summed E-state index contributed by atoms with van der Waals surface area (Å²) in [4.78, 5) is 31.4. The summed E-state index contributed by atoms with van der Waals surface area (Å²) in [6.07, 6.45) is 2.06. The van der Waals surface area contributed by atoms with Crippen LogP contribution >= 0.6 is 23.4 Å². The number of fused-ring (bicyclic) bond motifs is 1. The summed E-state index contributed by atoms with van der Waals surface area (Å²) >= 11 is 7.26. The molecule has 0 radical (unpaired) electrons. The first-order chi connectivity index (χ1) is 16.9. The smallest absolute Gasteiger partial charge is 0.262 e. The minimum atomic E-state index is -0.513. The minimum absolute atomic E-state index is 0.164. The van der Waals surface area contributed by atoms with Crippen LogP contribution in [0.3, 0.4) is 0 Å². The summed E-state index contributed by atoms with van der Waals surface area (Å²) in [5.74, 6) is 1.26. The van der Waals surface area contributed by atoms with Crippen molar-refractivity contribution in [3.05, 3.63) is 75.9 Å². The Morgan fingerprint density at radius 1 is 1.17 bits per heavy atom. The van der Waals surface area contributed by atoms with Crippen molar-refractivity contribution < 1.29 is 18.7 Å². The van der Waals surface area contributed by atoms with Crippen LogP contribution < -0.4 is 20.3 Å². The quantitative estimate of drug-likeness (QED) is 0.242. The predicted octanol–water partition coefficient (Wildman–Crippen LogP) is 5.22. The van der Waals surface area contributed by atoms with Crippen LogP contribution in [-0.2, 0) is 11.3 Å². The van der Waals surface area contributed by atoms with Crippen LogP contribution in [0.25, 0.3) is 10.9 Å². The van der Waals surface area contributed by atoms with Gasteiger partial charge in [-0.3, -0.25) is 14.2 Å². The van der Waals surface area contributed by atoms with Crippen molar-refractivity contribution in [1.82, 2.24) is 9.55 Å². The van der Waals surface area contributed by atoms with Gasteiger partial charge in [0, 0.05) is 16.8 Å². The van der Waals surface area contributed by atoms with Gasteiger partial charge in [0.1, 0.15) is 5.76 Å². The second-order valence-electron chi connectivity index (χ2n) is 7.60. The van der Waals surface area contributed by atoms with Gasteiger partial charge in [0.2, 0.25) is 5.91 Å². The average Bonchev–Trinajstić information content (AvgIpc) is 3.37. The van der Waals surface area contributed by atoms with Crippen LogP contribution in [0.2, 0.25) is 5.02 Å². The Hall–Kier alpha value is -3.43. The summed E-state index contributed by atoms with van der Waals surface area (Å²) in [6.45, 7) is 2.07. The highest BCUT2D eigenvalue weighted by Gasteiger charge is 2.23. The minimum Gasteiger partial charge on any atom is -0.493 e. The Balaban J connectivity index is 1.75. The van der Waals surface area contributed by atoms with E-state index in [-0.39, 0.29) is 18.0 Å². The van der Waals surface area contributed by atoms with E-state index >= 15 is 0 Å². The zero-order valence-electron chi connectivity index (χ0n) is 19.4. The number of methoxy groups -OCH3 is 2. The van der Waals surface area contributed by atoms with Crippen LogP contribution in [0, 0.1) is 0 Å². The maximum atomic E-state index is 13.6. The number of hydrogen-bond donors (Lipinski definition) is 1. The SMILES string of the molecule is CCC(Sc1nc2cc(OC)c(OC)cc2c(=O)n1Cc1ccco1)C(=O)Nc1cccc(Cl)c1. The van der Waals surface area contributed by atoms with Crippen LogP contribution in [0.1, 0.15) is 19.1 Å². The van der Waals surface area contributed by atoms with Crippen LogP contribution in [0.4, 0.5) is 5.69 Å². The molecule has 0 fully saturated rings. The number of nitrogens with one attached hydrogen (secondary N) is 1. The van der Waals surface area contributed by atoms with E-state index in [1.165, 1.54) is 30.5 Å². The molecule has 1 amide bonds. The normalized spacial score (nSPS) is 11.9. The zero-order valence-corrected chi connectivity index (χ0v) is 21.0. The number of rotatable bonds is 9. The summed E-state index contributed by atoms with van der Waals surface area (Å²) in [7, 11) is 3.03. The molecule has 8 nitrogen and oxygen atoms in total. The summed E-state index contributed by atoms with van der Waals surface area (Å²) in [6, 6.07) is 13.7. The van der Waals surface area contributed by atoms with Gasteiger partial charge in [0.05, 0.1) is 43.2 Å². The molecule has 0 aliphatic heterocycles. The van der Waals surface area contributed by atoms with Crippen LogP contribution in [0.5, 0.6) is 11.5 Å². The highest BCUT2D eigenvalue weighted by molar-refractivity contribution is 8.00. The van der Waals surface area contributed by atoms with E-state index in [1.807, 2.05) is 6.92 Å². The van der Waals surface area contributed by atoms with Gasteiger partial charge in [-0.15, -0.1) is 0 Å². The maximum Gasteiger partial charge on any atom is 0.262 e. The number of benzene rings is 2. The molecular formula is C25H24ClN3O5S. The number of nitrogens with zero attached hydrogens (tertiary/aromatic N) is 2. The summed E-state index contributed by atoms with van der Waals surface area (Å²) in [5, 5.41) is 3.66. The van der Waals surface area contributed by atoms with Crippen molar-refractivity contribution in [1.29, 1.82) is 0 Å². The van der Waals surface area contributed by atoms with Crippen molar-refractivity contribution in [3.8, 4) is 11.5 Å². The van der Waals surface area contributed by atoms with E-state index < -0.39 is 5.25 Å². The fourth-order valence-electron chi connectivity index (χ4n) is 3.55. The molecule has 182 valence electrons. The van der Waals surface area contributed by atoms with Gasteiger partial charge in [-0.25, -0.2) is 4.98 Å². The molecule has 0 saturated heterocycles. The number of furan rings is 1. The average molecular weight is 514 g/mol. The largest absolute Gasteiger partial charge is 0.493 e. The molecule has 0 saturated carbocycles. The van der Waals surface area contributed by atoms with Crippen molar-refractivity contribution in [2.45, 2.75) is 30.3 Å². The van der Waals surface area contributed by atoms with Gasteiger partial charge < -0.3 is 19.2 Å². The van der Waals surface area contributed by atoms with E-state index in [4.69, 9.17) is 30.5 Å². The molecular weight excluding hydrogens is 490 g/mol. The topological polar surface area (TPSA) is 95.6 Å². The van der Waals surface area contributed by atoms with Gasteiger partial charge in [-0.05, 0) is 42.8 Å². The first kappa shape index (κ1) is 24.7. The molecule has 2 aromatic heterocycles. The lowest BCUT2D eigenvalue weighted by molar-refractivity contribution is -0.115. The Morgan fingerprint density at radius 3 is 2.60 bits per heavy atom. The van der Waals surface area contributed by atoms with Crippen molar-refractivity contribution in [3.63, 3.8) is 0 Å². The standard InChI is InChI=1S/C25H24ClN3O5S/c1-4-22(23(30)27-16-8-5-7-15(26)11-16)35-25-28-19-13-21(33-3)20(32-2)12-18(19)24(31)29(25)14-17-9-6-10-34-17/h5-13,22H,4,14H2,1-3H3,(H,27,30). The molecule has 1 atom stereocenters. The van der Waals surface area contributed by atoms with E-state index in [0.29, 0.717) is 50.4 Å². The first-order valence-corrected chi connectivity index (χ1v) is 12.1. The Kier molecular flexibility index (Phi) is 7.67. The molecule has 4 aromatic rings. The van der Waals surface area contributed by atoms with Crippen LogP contribution in [0.15, 0.2) is 69.2 Å². The third kappa shape index (κ3) is 5.47. The lowest BCUT2D eigenvalue weighted by Crippen LogP contribution is -2.28. The highest BCUT2D eigenvalue weighted by Crippen LogP contribution is 2.32. The summed E-state index contributed by atoms with van der Waals surface area (Å²) < 4.78 is 17.7. The van der Waals surface area contributed by atoms with E-state index in [0.717, 1.165) is 0 Å². The Morgan fingerprint density at radius 2 is 1.94 bits per heavy atom. The van der Waals surface area contributed by atoms with Crippen LogP contribution in [-0.4, -0.2) is 34.9 Å². The Labute approximate surface area is 211 Å². The third-order valence-electron chi connectivity index (χ3n) is 5.32. The second-order valence-corrected chi connectivity index (χ2v) is 9.21. The highest BCUT2D eigenvalue weighted by atomic mass is 35.5. The molecule has 2 heterocycles. The number of carbonyl (C=O) groups excluding carboxylic acids is 1. The number of aromatic nitrogens is 2. The van der Waals surface area contributed by atoms with Crippen molar-refractivity contribution in [2.75, 3.05) is 19.5 Å². The van der Waals surface area contributed by atoms with Gasteiger partial charge in [0.15, 0.2) is 16.7 Å². The molecule has 2 aromatic carbocycles. The molecule has 0 aliphatic carbocycles. The molecule has 35 heavy (non-hydrogen) atoms. The van der Waals surface area contributed by atoms with Gasteiger partial charge in [-0.1, -0.05) is 36.4 Å². The lowest BCUT2D eigenvalue weighted by Gasteiger charge is -2.18. The van der Waals surface area contributed by atoms with Gasteiger partial charge >= 0.3 is 0 Å². The fraction of sp³-hybridized carbons (Fsp3) is 0.240. The molecule has 10 heteroatoms. The van der Waals surface area contributed by atoms with Gasteiger partial charge in [0.25, 0.3) is 5.56 Å². The van der Waals surface area contributed by atoms with Crippen molar-refractivity contribution in [2.24, 2.45) is 0 Å². The monoisotopic (exact) mass is 513 g/mol. The zero-order chi connectivity index (χ0) is 24.9. The maximum absolute atomic E-state index is 13.6. The molecule has 0 aliphatic rings. The molecule has 1 unspecified atom stereocenters. The van der Waals surface area contributed by atoms with Gasteiger partial charge in [-0.2, -0.15) is 0 Å². The number of halogens is 1. The van der Waals surface area contributed by atoms with Crippen molar-refractivity contribution >= 4 is 45.9 Å². The lowest BCUT2D eigenvalue weighted by atomic mass is 10.2. The summed E-state index contributed by atoms with van der Waals surface area (Å²) in [5.41, 5.74) is 0.758. The number of ether oxygens (including phenoxy) is 2. The Bertz CT molecular complexity index is 1400. The molecule has 0 bridgehead atoms. The number of amides is 1. The first-order valence-electron chi connectivity index (χ1n) is 10.9. The molecule has 1 N–H and O–H groups in total. The second kappa shape index (κ2) is 10.9. The van der Waals surface area contributed by atoms with E-state index in [9.17, 15) is 9.59 Å². The number of thioether (sulfide) groups is 1. The number of anilines is 1. The predicted molar refractivity (Wildman–Crippen MR) is 137 cm³/mol. The van der Waals surface area contributed by atoms with E-state index in [2.05, 4.69) is 5.32 Å². The number of carbonyl (C=O) groups is 1. The molecule has 0 spiro atoms. The molecule has 4 rings (SSSR count).